The van der Waals surface area contributed by atoms with Crippen LogP contribution in [0.25, 0.3) is 22.4 Å². The van der Waals surface area contributed by atoms with E-state index in [1.807, 2.05) is 59.0 Å². The maximum Gasteiger partial charge on any atom is 0.267 e. The minimum absolute atomic E-state index is 0.0854. The predicted molar refractivity (Wildman–Crippen MR) is 97.1 cm³/mol. The molecule has 24 heavy (non-hydrogen) atoms. The van der Waals surface area contributed by atoms with Crippen molar-refractivity contribution in [3.05, 3.63) is 65.0 Å². The molecule has 2 aromatic heterocycles. The summed E-state index contributed by atoms with van der Waals surface area (Å²) in [6.07, 6.45) is 0. The molecule has 4 aromatic rings. The molecule has 0 saturated carbocycles. The Balaban J connectivity index is 2.18. The Labute approximate surface area is 143 Å². The van der Waals surface area contributed by atoms with Gasteiger partial charge in [0.25, 0.3) is 5.56 Å². The Bertz CT molecular complexity index is 1080. The lowest BCUT2D eigenvalue weighted by Gasteiger charge is -2.11. The minimum atomic E-state index is -0.0854. The van der Waals surface area contributed by atoms with Crippen molar-refractivity contribution >= 4 is 28.4 Å². The van der Waals surface area contributed by atoms with E-state index in [0.29, 0.717) is 16.4 Å². The van der Waals surface area contributed by atoms with E-state index < -0.39 is 0 Å². The molecule has 0 atom stereocenters. The number of hydrogen-bond acceptors (Lipinski definition) is 4. The molecule has 2 aromatic carbocycles. The van der Waals surface area contributed by atoms with Gasteiger partial charge in [0, 0.05) is 5.25 Å². The third-order valence-corrected chi connectivity index (χ3v) is 4.70. The fraction of sp³-hybridized carbons (Fsp3) is 0.167. The van der Waals surface area contributed by atoms with E-state index in [2.05, 4.69) is 24.0 Å². The lowest BCUT2D eigenvalue weighted by molar-refractivity contribution is 0.922. The number of thioether (sulfide) groups is 1. The zero-order valence-corrected chi connectivity index (χ0v) is 14.2. The van der Waals surface area contributed by atoms with E-state index >= 15 is 0 Å². The maximum absolute atomic E-state index is 13.0. The molecule has 0 bridgehead atoms. The quantitative estimate of drug-likeness (QED) is 0.537. The fourth-order valence-corrected chi connectivity index (χ4v) is 3.57. The van der Waals surface area contributed by atoms with Crippen LogP contribution in [-0.2, 0) is 0 Å². The highest BCUT2D eigenvalue weighted by molar-refractivity contribution is 7.99. The molecule has 0 saturated heterocycles. The highest BCUT2D eigenvalue weighted by Crippen LogP contribution is 2.25. The molecule has 0 spiro atoms. The molecule has 0 fully saturated rings. The zero-order valence-electron chi connectivity index (χ0n) is 13.4. The summed E-state index contributed by atoms with van der Waals surface area (Å²) in [5.74, 6) is 0.535. The number of rotatable bonds is 3. The van der Waals surface area contributed by atoms with E-state index in [0.717, 1.165) is 16.4 Å². The van der Waals surface area contributed by atoms with Crippen molar-refractivity contribution in [2.24, 2.45) is 0 Å². The van der Waals surface area contributed by atoms with E-state index in [1.165, 1.54) is 0 Å². The second-order valence-electron chi connectivity index (χ2n) is 5.78. The summed E-state index contributed by atoms with van der Waals surface area (Å²) in [4.78, 5) is 13.0. The molecular weight excluding hydrogens is 320 g/mol. The number of nitrogens with zero attached hydrogens (tertiary/aromatic N) is 4. The molecule has 4 rings (SSSR count). The molecule has 120 valence electrons. The van der Waals surface area contributed by atoms with E-state index in [-0.39, 0.29) is 5.56 Å². The van der Waals surface area contributed by atoms with Gasteiger partial charge in [-0.2, -0.15) is 0 Å². The van der Waals surface area contributed by atoms with Crippen LogP contribution >= 0.6 is 11.8 Å². The van der Waals surface area contributed by atoms with Crippen molar-refractivity contribution in [1.82, 2.24) is 19.2 Å². The molecule has 0 unspecified atom stereocenters. The van der Waals surface area contributed by atoms with Gasteiger partial charge >= 0.3 is 0 Å². The average molecular weight is 336 g/mol. The topological polar surface area (TPSA) is 52.2 Å². The van der Waals surface area contributed by atoms with Crippen LogP contribution in [0.15, 0.2) is 64.5 Å². The summed E-state index contributed by atoms with van der Waals surface area (Å²) in [5, 5.41) is 10.5. The first-order valence-corrected chi connectivity index (χ1v) is 8.66. The van der Waals surface area contributed by atoms with Gasteiger partial charge < -0.3 is 0 Å². The van der Waals surface area contributed by atoms with Crippen LogP contribution in [0.3, 0.4) is 0 Å². The Hall–Kier alpha value is -2.60. The van der Waals surface area contributed by atoms with Crippen LogP contribution < -0.4 is 5.56 Å². The highest BCUT2D eigenvalue weighted by atomic mass is 32.2. The monoisotopic (exact) mass is 336 g/mol. The Morgan fingerprint density at radius 1 is 0.958 bits per heavy atom. The first kappa shape index (κ1) is 15.0. The molecule has 0 aliphatic carbocycles. The molecule has 5 nitrogen and oxygen atoms in total. The van der Waals surface area contributed by atoms with E-state index in [9.17, 15) is 4.79 Å². The van der Waals surface area contributed by atoms with Crippen molar-refractivity contribution in [3.8, 4) is 5.69 Å². The Kier molecular flexibility index (Phi) is 3.61. The Morgan fingerprint density at radius 2 is 1.67 bits per heavy atom. The minimum Gasteiger partial charge on any atom is -0.268 e. The molecule has 0 amide bonds. The molecule has 0 aliphatic rings. The van der Waals surface area contributed by atoms with Gasteiger partial charge in [-0.25, -0.2) is 4.57 Å². The van der Waals surface area contributed by atoms with Gasteiger partial charge in [-0.15, -0.1) is 10.2 Å². The van der Waals surface area contributed by atoms with Crippen LogP contribution in [-0.4, -0.2) is 24.4 Å². The van der Waals surface area contributed by atoms with Gasteiger partial charge in [0.1, 0.15) is 0 Å². The molecular formula is C18H16N4OS. The van der Waals surface area contributed by atoms with Gasteiger partial charge in [0.05, 0.1) is 16.6 Å². The second-order valence-corrected chi connectivity index (χ2v) is 7.32. The normalized spacial score (nSPS) is 11.6. The predicted octanol–water partition coefficient (Wildman–Crippen LogP) is 3.53. The maximum atomic E-state index is 13.0. The van der Waals surface area contributed by atoms with Gasteiger partial charge in [-0.1, -0.05) is 55.9 Å². The van der Waals surface area contributed by atoms with Gasteiger partial charge in [0.15, 0.2) is 5.16 Å². The molecule has 6 heteroatoms. The van der Waals surface area contributed by atoms with Crippen LogP contribution in [0.4, 0.5) is 0 Å². The number of aromatic nitrogens is 4. The first-order chi connectivity index (χ1) is 11.7. The lowest BCUT2D eigenvalue weighted by atomic mass is 10.2. The smallest absolute Gasteiger partial charge is 0.267 e. The number of hydrogen-bond donors (Lipinski definition) is 0. The molecule has 0 N–H and O–H groups in total. The molecule has 2 heterocycles. The summed E-state index contributed by atoms with van der Waals surface area (Å²) in [7, 11) is 0. The summed E-state index contributed by atoms with van der Waals surface area (Å²) in [6, 6.07) is 17.1. The van der Waals surface area contributed by atoms with Crippen LogP contribution in [0.1, 0.15) is 13.8 Å². The Morgan fingerprint density at radius 3 is 2.42 bits per heavy atom. The highest BCUT2D eigenvalue weighted by Gasteiger charge is 2.18. The van der Waals surface area contributed by atoms with E-state index in [1.54, 1.807) is 16.3 Å². The van der Waals surface area contributed by atoms with Gasteiger partial charge in [0.2, 0.25) is 5.78 Å². The standard InChI is InChI=1S/C18H16N4OS/c1-12(2)24-18-20-19-17-21(13-8-4-3-5-9-13)16(23)14-10-6-7-11-15(14)22(17)18/h3-12H,1-2H3. The first-order valence-electron chi connectivity index (χ1n) is 7.78. The second kappa shape index (κ2) is 5.79. The van der Waals surface area contributed by atoms with Crippen molar-refractivity contribution in [2.45, 2.75) is 24.3 Å². The van der Waals surface area contributed by atoms with Crippen molar-refractivity contribution in [2.75, 3.05) is 0 Å². The number of fused-ring (bicyclic) bond motifs is 3. The molecule has 0 radical (unpaired) electrons. The summed E-state index contributed by atoms with van der Waals surface area (Å²) in [6.45, 7) is 4.22. The van der Waals surface area contributed by atoms with Crippen LogP contribution in [0.5, 0.6) is 0 Å². The van der Waals surface area contributed by atoms with Crippen LogP contribution in [0.2, 0.25) is 0 Å². The summed E-state index contributed by atoms with van der Waals surface area (Å²) in [5.41, 5.74) is 1.53. The average Bonchev–Trinajstić information content (AvgIpc) is 2.99. The van der Waals surface area contributed by atoms with Crippen molar-refractivity contribution in [1.29, 1.82) is 0 Å². The third kappa shape index (κ3) is 2.30. The van der Waals surface area contributed by atoms with Crippen LogP contribution in [0, 0.1) is 0 Å². The lowest BCUT2D eigenvalue weighted by Crippen LogP contribution is -2.21. The summed E-state index contributed by atoms with van der Waals surface area (Å²) < 4.78 is 3.59. The SMILES string of the molecule is CC(C)Sc1nnc2n(-c3ccccc3)c(=O)c3ccccc3n12. The number of para-hydroxylation sites is 2. The zero-order chi connectivity index (χ0) is 16.7. The number of benzene rings is 2. The third-order valence-electron chi connectivity index (χ3n) is 3.75. The van der Waals surface area contributed by atoms with Crippen molar-refractivity contribution < 1.29 is 0 Å². The van der Waals surface area contributed by atoms with E-state index in [4.69, 9.17) is 0 Å². The summed E-state index contributed by atoms with van der Waals surface area (Å²) >= 11 is 1.63. The molecule has 0 aliphatic heterocycles. The fourth-order valence-electron chi connectivity index (χ4n) is 2.78. The van der Waals surface area contributed by atoms with Gasteiger partial charge in [-0.05, 0) is 24.3 Å². The van der Waals surface area contributed by atoms with Crippen molar-refractivity contribution in [3.63, 3.8) is 0 Å². The van der Waals surface area contributed by atoms with Gasteiger partial charge in [-0.3, -0.25) is 9.20 Å². The largest absolute Gasteiger partial charge is 0.268 e.